The van der Waals surface area contributed by atoms with Crippen molar-refractivity contribution in [2.24, 2.45) is 0 Å². The molecule has 0 aromatic heterocycles. The molecule has 6 heteroatoms. The van der Waals surface area contributed by atoms with Crippen LogP contribution in [0.15, 0.2) is 48.5 Å². The molecule has 0 heterocycles. The predicted octanol–water partition coefficient (Wildman–Crippen LogP) is 3.88. The van der Waals surface area contributed by atoms with Crippen LogP contribution in [0.3, 0.4) is 0 Å². The zero-order valence-electron chi connectivity index (χ0n) is 16.0. The lowest BCUT2D eigenvalue weighted by molar-refractivity contribution is -0.139. The zero-order valence-corrected chi connectivity index (χ0v) is 16.0. The summed E-state index contributed by atoms with van der Waals surface area (Å²) in [7, 11) is 1.62. The van der Waals surface area contributed by atoms with Crippen molar-refractivity contribution in [2.45, 2.75) is 38.8 Å². The zero-order chi connectivity index (χ0) is 20.0. The van der Waals surface area contributed by atoms with E-state index in [4.69, 9.17) is 9.47 Å². The second kappa shape index (κ2) is 8.58. The number of carbonyl (C=O) groups excluding carboxylic acids is 1. The molecular weight excluding hydrogens is 346 g/mol. The highest BCUT2D eigenvalue weighted by Gasteiger charge is 2.24. The van der Waals surface area contributed by atoms with Crippen LogP contribution in [-0.2, 0) is 16.0 Å². The van der Waals surface area contributed by atoms with E-state index in [9.17, 15) is 14.7 Å². The van der Waals surface area contributed by atoms with Gasteiger partial charge in [-0.2, -0.15) is 0 Å². The number of amides is 1. The fourth-order valence-electron chi connectivity index (χ4n) is 2.52. The monoisotopic (exact) mass is 371 g/mol. The van der Waals surface area contributed by atoms with E-state index in [1.54, 1.807) is 27.9 Å². The first-order valence-electron chi connectivity index (χ1n) is 8.63. The van der Waals surface area contributed by atoms with Crippen molar-refractivity contribution in [1.82, 2.24) is 5.32 Å². The summed E-state index contributed by atoms with van der Waals surface area (Å²) in [6.45, 7) is 5.17. The van der Waals surface area contributed by atoms with E-state index in [2.05, 4.69) is 5.32 Å². The minimum atomic E-state index is -1.11. The van der Waals surface area contributed by atoms with E-state index < -0.39 is 23.7 Å². The van der Waals surface area contributed by atoms with Crippen molar-refractivity contribution in [1.29, 1.82) is 0 Å². The van der Waals surface area contributed by atoms with Gasteiger partial charge in [-0.05, 0) is 49.6 Å². The Kier molecular flexibility index (Phi) is 6.45. The van der Waals surface area contributed by atoms with Crippen LogP contribution in [0.25, 0.3) is 11.1 Å². The maximum atomic E-state index is 11.9. The van der Waals surface area contributed by atoms with Gasteiger partial charge in [0.25, 0.3) is 0 Å². The maximum absolute atomic E-state index is 11.9. The number of methoxy groups -OCH3 is 1. The summed E-state index contributed by atoms with van der Waals surface area (Å²) in [4.78, 5) is 23.3. The molecule has 2 aromatic rings. The van der Waals surface area contributed by atoms with Crippen molar-refractivity contribution >= 4 is 12.1 Å². The van der Waals surface area contributed by atoms with E-state index in [0.717, 1.165) is 22.4 Å². The number of carboxylic acids is 1. The summed E-state index contributed by atoms with van der Waals surface area (Å²) in [5.74, 6) is -0.346. The molecule has 0 aliphatic rings. The summed E-state index contributed by atoms with van der Waals surface area (Å²) in [6.07, 6.45) is -0.588. The second-order valence-electron chi connectivity index (χ2n) is 7.17. The van der Waals surface area contributed by atoms with Crippen LogP contribution in [0.2, 0.25) is 0 Å². The highest BCUT2D eigenvalue weighted by atomic mass is 16.6. The summed E-state index contributed by atoms with van der Waals surface area (Å²) in [5, 5.41) is 11.8. The van der Waals surface area contributed by atoms with Crippen LogP contribution in [0, 0.1) is 0 Å². The number of carboxylic acid groups (broad SMARTS) is 1. The molecule has 0 saturated heterocycles. The van der Waals surface area contributed by atoms with E-state index in [-0.39, 0.29) is 6.42 Å². The Morgan fingerprint density at radius 2 is 1.74 bits per heavy atom. The lowest BCUT2D eigenvalue weighted by Crippen LogP contribution is -2.44. The average molecular weight is 371 g/mol. The van der Waals surface area contributed by atoms with Gasteiger partial charge < -0.3 is 19.9 Å². The van der Waals surface area contributed by atoms with Crippen molar-refractivity contribution in [3.05, 3.63) is 54.1 Å². The molecule has 1 amide bonds. The van der Waals surface area contributed by atoms with Crippen LogP contribution in [0.4, 0.5) is 4.79 Å². The number of benzene rings is 2. The third kappa shape index (κ3) is 6.33. The van der Waals surface area contributed by atoms with E-state index in [0.29, 0.717) is 0 Å². The number of aliphatic carboxylic acids is 1. The molecule has 0 bridgehead atoms. The molecule has 0 spiro atoms. The van der Waals surface area contributed by atoms with Crippen LogP contribution in [-0.4, -0.2) is 35.9 Å². The first-order chi connectivity index (χ1) is 12.7. The van der Waals surface area contributed by atoms with Crippen molar-refractivity contribution in [3.8, 4) is 16.9 Å². The summed E-state index contributed by atoms with van der Waals surface area (Å²) in [6, 6.07) is 14.1. The first kappa shape index (κ1) is 20.3. The Morgan fingerprint density at radius 1 is 1.07 bits per heavy atom. The molecule has 2 N–H and O–H groups in total. The van der Waals surface area contributed by atoms with E-state index in [1.807, 2.05) is 48.5 Å². The van der Waals surface area contributed by atoms with Gasteiger partial charge in [0.05, 0.1) is 7.11 Å². The predicted molar refractivity (Wildman–Crippen MR) is 103 cm³/mol. The Balaban J connectivity index is 2.08. The number of hydrogen-bond donors (Lipinski definition) is 2. The van der Waals surface area contributed by atoms with Gasteiger partial charge in [0.2, 0.25) is 0 Å². The molecule has 0 fully saturated rings. The summed E-state index contributed by atoms with van der Waals surface area (Å²) >= 11 is 0. The van der Waals surface area contributed by atoms with Crippen LogP contribution in [0.5, 0.6) is 5.75 Å². The molecule has 144 valence electrons. The van der Waals surface area contributed by atoms with Gasteiger partial charge in [-0.3, -0.25) is 0 Å². The first-order valence-corrected chi connectivity index (χ1v) is 8.63. The Hall–Kier alpha value is -3.02. The number of carbonyl (C=O) groups is 2. The van der Waals surface area contributed by atoms with E-state index in [1.165, 1.54) is 0 Å². The van der Waals surface area contributed by atoms with Gasteiger partial charge in [-0.15, -0.1) is 0 Å². The minimum absolute atomic E-state index is 0.160. The van der Waals surface area contributed by atoms with Crippen molar-refractivity contribution in [3.63, 3.8) is 0 Å². The van der Waals surface area contributed by atoms with Crippen molar-refractivity contribution < 1.29 is 24.2 Å². The number of ether oxygens (including phenoxy) is 2. The highest BCUT2D eigenvalue weighted by Crippen LogP contribution is 2.24. The minimum Gasteiger partial charge on any atom is -0.497 e. The van der Waals surface area contributed by atoms with Crippen LogP contribution in [0.1, 0.15) is 26.3 Å². The normalized spacial score (nSPS) is 12.1. The van der Waals surface area contributed by atoms with Crippen LogP contribution < -0.4 is 10.1 Å². The second-order valence-corrected chi connectivity index (χ2v) is 7.17. The third-order valence-corrected chi connectivity index (χ3v) is 3.79. The number of hydrogen-bond acceptors (Lipinski definition) is 4. The smallest absolute Gasteiger partial charge is 0.408 e. The van der Waals surface area contributed by atoms with Gasteiger partial charge in [-0.1, -0.05) is 36.4 Å². The fourth-order valence-corrected chi connectivity index (χ4v) is 2.52. The number of nitrogens with one attached hydrogen (secondary N) is 1. The molecule has 1 atom stereocenters. The largest absolute Gasteiger partial charge is 0.497 e. The Labute approximate surface area is 159 Å². The maximum Gasteiger partial charge on any atom is 0.408 e. The SMILES string of the molecule is COc1cccc(-c2ccc(C[C@@H](NC(=O)OC(C)(C)C)C(=O)O)cc2)c1. The lowest BCUT2D eigenvalue weighted by atomic mass is 10.0. The topological polar surface area (TPSA) is 84.9 Å². The average Bonchev–Trinajstić information content (AvgIpc) is 2.60. The number of alkyl carbamates (subject to hydrolysis) is 1. The molecule has 2 rings (SSSR count). The van der Waals surface area contributed by atoms with Crippen LogP contribution >= 0.6 is 0 Å². The standard InChI is InChI=1S/C21H25NO5/c1-21(2,3)27-20(25)22-18(19(23)24)12-14-8-10-15(11-9-14)16-6-5-7-17(13-16)26-4/h5-11,13,18H,12H2,1-4H3,(H,22,25)(H,23,24)/t18-/m1/s1. The summed E-state index contributed by atoms with van der Waals surface area (Å²) in [5.41, 5.74) is 2.10. The molecular formula is C21H25NO5. The third-order valence-electron chi connectivity index (χ3n) is 3.79. The van der Waals surface area contributed by atoms with Crippen molar-refractivity contribution in [2.75, 3.05) is 7.11 Å². The molecule has 2 aromatic carbocycles. The van der Waals surface area contributed by atoms with Gasteiger partial charge in [0.15, 0.2) is 0 Å². The molecule has 6 nitrogen and oxygen atoms in total. The van der Waals surface area contributed by atoms with Gasteiger partial charge in [-0.25, -0.2) is 9.59 Å². The van der Waals surface area contributed by atoms with Gasteiger partial charge in [0, 0.05) is 6.42 Å². The quantitative estimate of drug-likeness (QED) is 0.805. The molecule has 0 radical (unpaired) electrons. The summed E-state index contributed by atoms with van der Waals surface area (Å²) < 4.78 is 10.4. The molecule has 27 heavy (non-hydrogen) atoms. The molecule has 0 saturated carbocycles. The fraction of sp³-hybridized carbons (Fsp3) is 0.333. The molecule has 0 aliphatic carbocycles. The highest BCUT2D eigenvalue weighted by molar-refractivity contribution is 5.80. The molecule has 0 unspecified atom stereocenters. The Bertz CT molecular complexity index is 793. The number of rotatable bonds is 6. The Morgan fingerprint density at radius 3 is 2.30 bits per heavy atom. The van der Waals surface area contributed by atoms with Gasteiger partial charge >= 0.3 is 12.1 Å². The van der Waals surface area contributed by atoms with Gasteiger partial charge in [0.1, 0.15) is 17.4 Å². The molecule has 0 aliphatic heterocycles. The van der Waals surface area contributed by atoms with E-state index >= 15 is 0 Å². The lowest BCUT2D eigenvalue weighted by Gasteiger charge is -2.22.